The highest BCUT2D eigenvalue weighted by Gasteiger charge is 2.31. The molecule has 1 aliphatic rings. The molecule has 2 aromatic carbocycles. The number of nitrogens with one attached hydrogen (secondary N) is 1. The number of halogens is 3. The molecule has 2 atom stereocenters. The Morgan fingerprint density at radius 2 is 1.86 bits per heavy atom. The highest BCUT2D eigenvalue weighted by atomic mass is 19.4. The molecule has 0 bridgehead atoms. The van der Waals surface area contributed by atoms with E-state index < -0.39 is 23.8 Å². The number of alkyl halides is 3. The van der Waals surface area contributed by atoms with E-state index in [1.54, 1.807) is 19.2 Å². The van der Waals surface area contributed by atoms with Gasteiger partial charge < -0.3 is 10.2 Å². The number of fused-ring (bicyclic) bond motifs is 1. The van der Waals surface area contributed by atoms with Gasteiger partial charge in [-0.15, -0.1) is 0 Å². The molecule has 29 heavy (non-hydrogen) atoms. The smallest absolute Gasteiger partial charge is 0.350 e. The summed E-state index contributed by atoms with van der Waals surface area (Å²) in [4.78, 5) is 26.2. The maximum atomic E-state index is 12.9. The molecule has 0 radical (unpaired) electrons. The van der Waals surface area contributed by atoms with Gasteiger partial charge in [-0.1, -0.05) is 36.4 Å². The first-order chi connectivity index (χ1) is 13.7. The Labute approximate surface area is 167 Å². The first-order valence-electron chi connectivity index (χ1n) is 9.19. The van der Waals surface area contributed by atoms with Crippen LogP contribution < -0.4 is 5.32 Å². The van der Waals surface area contributed by atoms with Crippen molar-refractivity contribution in [2.75, 3.05) is 0 Å². The normalized spacial score (nSPS) is 16.9. The van der Waals surface area contributed by atoms with Gasteiger partial charge in [-0.25, -0.2) is 0 Å². The summed E-state index contributed by atoms with van der Waals surface area (Å²) in [5, 5.41) is 2.74. The van der Waals surface area contributed by atoms with Gasteiger partial charge >= 0.3 is 6.18 Å². The van der Waals surface area contributed by atoms with E-state index in [9.17, 15) is 22.8 Å². The SMILES string of the molecule is CC(=O)N1C=Cc2ccccc2[C@@H]1CC(=O)N[C@H](C)c1cccc(C(F)(F)F)c1. The summed E-state index contributed by atoms with van der Waals surface area (Å²) in [6.07, 6.45) is -0.973. The minimum absolute atomic E-state index is 0.00420. The van der Waals surface area contributed by atoms with Crippen LogP contribution in [0.4, 0.5) is 13.2 Å². The van der Waals surface area contributed by atoms with Crippen molar-refractivity contribution in [2.45, 2.75) is 38.5 Å². The second kappa shape index (κ2) is 8.11. The highest BCUT2D eigenvalue weighted by Crippen LogP contribution is 2.33. The van der Waals surface area contributed by atoms with Crippen LogP contribution in [-0.4, -0.2) is 16.7 Å². The van der Waals surface area contributed by atoms with E-state index in [2.05, 4.69) is 5.32 Å². The summed E-state index contributed by atoms with van der Waals surface area (Å²) in [5.41, 5.74) is 1.38. The van der Waals surface area contributed by atoms with Crippen LogP contribution in [0.1, 0.15) is 54.6 Å². The summed E-state index contributed by atoms with van der Waals surface area (Å²) in [5.74, 6) is -0.546. The number of hydrogen-bond donors (Lipinski definition) is 1. The molecule has 0 spiro atoms. The van der Waals surface area contributed by atoms with Gasteiger partial charge in [0.1, 0.15) is 0 Å². The molecule has 0 aliphatic carbocycles. The molecule has 0 aromatic heterocycles. The molecular weight excluding hydrogens is 381 g/mol. The first-order valence-corrected chi connectivity index (χ1v) is 9.19. The third-order valence-corrected chi connectivity index (χ3v) is 4.94. The number of rotatable bonds is 4. The molecule has 152 valence electrons. The number of amides is 2. The van der Waals surface area contributed by atoms with Crippen molar-refractivity contribution in [3.05, 3.63) is 77.0 Å². The lowest BCUT2D eigenvalue weighted by Crippen LogP contribution is -2.36. The Morgan fingerprint density at radius 1 is 1.14 bits per heavy atom. The monoisotopic (exact) mass is 402 g/mol. The van der Waals surface area contributed by atoms with Crippen LogP contribution in [0.15, 0.2) is 54.7 Å². The van der Waals surface area contributed by atoms with Gasteiger partial charge in [0.15, 0.2) is 0 Å². The van der Waals surface area contributed by atoms with E-state index in [1.165, 1.54) is 17.9 Å². The molecule has 1 heterocycles. The lowest BCUT2D eigenvalue weighted by Gasteiger charge is -2.32. The lowest BCUT2D eigenvalue weighted by molar-refractivity contribution is -0.137. The summed E-state index contributed by atoms with van der Waals surface area (Å²) < 4.78 is 38.8. The van der Waals surface area contributed by atoms with Crippen molar-refractivity contribution in [1.29, 1.82) is 0 Å². The molecule has 0 unspecified atom stereocenters. The van der Waals surface area contributed by atoms with E-state index in [1.807, 2.05) is 30.3 Å². The van der Waals surface area contributed by atoms with Crippen molar-refractivity contribution >= 4 is 17.9 Å². The van der Waals surface area contributed by atoms with Crippen molar-refractivity contribution in [3.63, 3.8) is 0 Å². The van der Waals surface area contributed by atoms with E-state index in [4.69, 9.17) is 0 Å². The van der Waals surface area contributed by atoms with Gasteiger partial charge in [-0.2, -0.15) is 13.2 Å². The fourth-order valence-electron chi connectivity index (χ4n) is 3.46. The zero-order chi connectivity index (χ0) is 21.2. The number of nitrogens with zero attached hydrogens (tertiary/aromatic N) is 1. The molecule has 0 fully saturated rings. The maximum Gasteiger partial charge on any atom is 0.416 e. The highest BCUT2D eigenvalue weighted by molar-refractivity contribution is 5.82. The third-order valence-electron chi connectivity index (χ3n) is 4.94. The topological polar surface area (TPSA) is 49.4 Å². The van der Waals surface area contributed by atoms with Crippen LogP contribution in [0.2, 0.25) is 0 Å². The number of carbonyl (C=O) groups excluding carboxylic acids is 2. The lowest BCUT2D eigenvalue weighted by atomic mass is 9.93. The Bertz CT molecular complexity index is 953. The van der Waals surface area contributed by atoms with E-state index in [-0.39, 0.29) is 18.2 Å². The van der Waals surface area contributed by atoms with Crippen molar-refractivity contribution in [2.24, 2.45) is 0 Å². The van der Waals surface area contributed by atoms with Gasteiger partial charge in [0.25, 0.3) is 0 Å². The van der Waals surface area contributed by atoms with Crippen LogP contribution >= 0.6 is 0 Å². The van der Waals surface area contributed by atoms with Crippen molar-refractivity contribution in [1.82, 2.24) is 10.2 Å². The molecule has 3 rings (SSSR count). The molecule has 4 nitrogen and oxygen atoms in total. The standard InChI is InChI=1S/C22H21F3N2O2/c1-14(17-7-5-8-18(12-17)22(23,24)25)26-21(29)13-20-19-9-4-3-6-16(19)10-11-27(20)15(2)28/h3-12,14,20H,13H2,1-2H3,(H,26,29)/t14-,20+/m1/s1. The molecule has 2 aromatic rings. The fourth-order valence-corrected chi connectivity index (χ4v) is 3.46. The molecule has 1 N–H and O–H groups in total. The van der Waals surface area contributed by atoms with Crippen molar-refractivity contribution in [3.8, 4) is 0 Å². The second-order valence-electron chi connectivity index (χ2n) is 7.00. The molecule has 2 amide bonds. The Balaban J connectivity index is 1.76. The van der Waals surface area contributed by atoms with Gasteiger partial charge in [0, 0.05) is 13.1 Å². The molecule has 0 saturated carbocycles. The molecule has 7 heteroatoms. The van der Waals surface area contributed by atoms with Crippen molar-refractivity contribution < 1.29 is 22.8 Å². The van der Waals surface area contributed by atoms with Crippen LogP contribution in [0.25, 0.3) is 6.08 Å². The Morgan fingerprint density at radius 3 is 2.55 bits per heavy atom. The van der Waals surface area contributed by atoms with Crippen LogP contribution in [0.3, 0.4) is 0 Å². The van der Waals surface area contributed by atoms with Gasteiger partial charge in [0.2, 0.25) is 11.8 Å². The summed E-state index contributed by atoms with van der Waals surface area (Å²) in [6.45, 7) is 3.05. The summed E-state index contributed by atoms with van der Waals surface area (Å²) in [7, 11) is 0. The maximum absolute atomic E-state index is 12.9. The largest absolute Gasteiger partial charge is 0.416 e. The molecule has 1 aliphatic heterocycles. The summed E-state index contributed by atoms with van der Waals surface area (Å²) in [6, 6.07) is 11.3. The number of carbonyl (C=O) groups is 2. The molecular formula is C22H21F3N2O2. The average molecular weight is 402 g/mol. The van der Waals surface area contributed by atoms with Crippen LogP contribution in [0, 0.1) is 0 Å². The Hall–Kier alpha value is -3.09. The van der Waals surface area contributed by atoms with Gasteiger partial charge in [-0.05, 0) is 41.8 Å². The third kappa shape index (κ3) is 4.67. The minimum Gasteiger partial charge on any atom is -0.350 e. The van der Waals surface area contributed by atoms with Crippen LogP contribution in [-0.2, 0) is 15.8 Å². The van der Waals surface area contributed by atoms with Crippen LogP contribution in [0.5, 0.6) is 0 Å². The zero-order valence-electron chi connectivity index (χ0n) is 16.0. The molecule has 0 saturated heterocycles. The predicted octanol–water partition coefficient (Wildman–Crippen LogP) is 4.85. The van der Waals surface area contributed by atoms with Gasteiger partial charge in [-0.3, -0.25) is 9.59 Å². The Kier molecular flexibility index (Phi) is 5.77. The number of benzene rings is 2. The van der Waals surface area contributed by atoms with Gasteiger partial charge in [0.05, 0.1) is 24.1 Å². The zero-order valence-corrected chi connectivity index (χ0v) is 16.0. The fraction of sp³-hybridized carbons (Fsp3) is 0.273. The number of hydrogen-bond acceptors (Lipinski definition) is 2. The first kappa shape index (κ1) is 20.6. The average Bonchev–Trinajstić information content (AvgIpc) is 2.67. The quantitative estimate of drug-likeness (QED) is 0.795. The second-order valence-corrected chi connectivity index (χ2v) is 7.00. The van der Waals surface area contributed by atoms with E-state index in [0.717, 1.165) is 23.3 Å². The minimum atomic E-state index is -4.44. The van der Waals surface area contributed by atoms with E-state index in [0.29, 0.717) is 5.56 Å². The summed E-state index contributed by atoms with van der Waals surface area (Å²) >= 11 is 0. The predicted molar refractivity (Wildman–Crippen MR) is 103 cm³/mol. The van der Waals surface area contributed by atoms with E-state index >= 15 is 0 Å².